The molecule has 0 saturated carbocycles. The smallest absolute Gasteiger partial charge is 0.309 e. The average molecular weight is 206 g/mol. The van der Waals surface area contributed by atoms with Crippen LogP contribution < -0.4 is 5.32 Å². The van der Waals surface area contributed by atoms with Crippen molar-refractivity contribution in [2.24, 2.45) is 0 Å². The van der Waals surface area contributed by atoms with Crippen LogP contribution in [-0.2, 0) is 14.3 Å². The van der Waals surface area contributed by atoms with Gasteiger partial charge in [0.1, 0.15) is 6.17 Å². The van der Waals surface area contributed by atoms with Crippen LogP contribution in [-0.4, -0.2) is 40.3 Å². The van der Waals surface area contributed by atoms with E-state index in [2.05, 4.69) is 10.1 Å². The van der Waals surface area contributed by atoms with Crippen molar-refractivity contribution in [3.8, 4) is 0 Å². The molecule has 1 unspecified atom stereocenters. The van der Waals surface area contributed by atoms with Gasteiger partial charge in [-0.3, -0.25) is 20.0 Å². The van der Waals surface area contributed by atoms with E-state index in [-0.39, 0.29) is 18.3 Å². The molecule has 0 aliphatic heterocycles. The molecule has 0 rings (SSSR count). The van der Waals surface area contributed by atoms with Crippen LogP contribution >= 0.6 is 0 Å². The molecule has 14 heavy (non-hydrogen) atoms. The lowest BCUT2D eigenvalue weighted by Crippen LogP contribution is -2.45. The maximum absolute atomic E-state index is 10.9. The molecule has 0 aliphatic carbocycles. The number of carbonyl (C=O) groups is 2. The summed E-state index contributed by atoms with van der Waals surface area (Å²) in [6.07, 6.45) is -1.52. The van der Waals surface area contributed by atoms with Gasteiger partial charge in [0.25, 0.3) is 0 Å². The molecule has 82 valence electrons. The van der Waals surface area contributed by atoms with Crippen LogP contribution in [0.2, 0.25) is 0 Å². The van der Waals surface area contributed by atoms with E-state index in [0.29, 0.717) is 0 Å². The number of rotatable bonds is 5. The fraction of sp³-hybridized carbons (Fsp3) is 0.714. The maximum atomic E-state index is 10.9. The van der Waals surface area contributed by atoms with E-state index in [1.807, 2.05) is 0 Å². The molecule has 0 aromatic heterocycles. The number of hydroxylamine groups is 2. The average Bonchev–Trinajstić information content (AvgIpc) is 2.02. The highest BCUT2D eigenvalue weighted by molar-refractivity contribution is 5.75. The summed E-state index contributed by atoms with van der Waals surface area (Å²) in [7, 11) is 0. The molecule has 1 atom stereocenters. The highest BCUT2D eigenvalue weighted by atomic mass is 16.8. The van der Waals surface area contributed by atoms with Crippen molar-refractivity contribution in [2.45, 2.75) is 26.4 Å². The molecular weight excluding hydrogens is 192 g/mol. The van der Waals surface area contributed by atoms with E-state index in [1.54, 1.807) is 6.92 Å². The van der Waals surface area contributed by atoms with Crippen molar-refractivity contribution in [1.29, 1.82) is 0 Å². The number of ether oxygens (including phenoxy) is 1. The summed E-state index contributed by atoms with van der Waals surface area (Å²) in [5, 5.41) is 19.2. The second-order valence-corrected chi connectivity index (χ2v) is 2.55. The first-order valence-corrected chi connectivity index (χ1v) is 4.07. The van der Waals surface area contributed by atoms with Crippen LogP contribution in [0, 0.1) is 0 Å². The number of nitrogens with zero attached hydrogens (tertiary/aromatic N) is 1. The van der Waals surface area contributed by atoms with Gasteiger partial charge in [-0.15, -0.1) is 0 Å². The monoisotopic (exact) mass is 206 g/mol. The SMILES string of the molecule is CCOC(=O)CC(NC(C)=O)N(O)O. The Hall–Kier alpha value is -1.18. The molecule has 7 heteroatoms. The van der Waals surface area contributed by atoms with Crippen molar-refractivity contribution in [3.05, 3.63) is 0 Å². The molecule has 0 spiro atoms. The Morgan fingerprint density at radius 2 is 2.07 bits per heavy atom. The first-order chi connectivity index (χ1) is 6.47. The first kappa shape index (κ1) is 12.8. The summed E-state index contributed by atoms with van der Waals surface area (Å²) in [5.41, 5.74) is 0. The molecule has 0 aliphatic rings. The molecule has 7 nitrogen and oxygen atoms in total. The van der Waals surface area contributed by atoms with E-state index in [1.165, 1.54) is 6.92 Å². The van der Waals surface area contributed by atoms with Gasteiger partial charge in [-0.05, 0) is 12.2 Å². The van der Waals surface area contributed by atoms with Crippen LogP contribution in [0.3, 0.4) is 0 Å². The Kier molecular flexibility index (Phi) is 5.77. The number of nitrogens with one attached hydrogen (secondary N) is 1. The van der Waals surface area contributed by atoms with Crippen LogP contribution in [0.5, 0.6) is 0 Å². The maximum Gasteiger partial charge on any atom is 0.309 e. The zero-order valence-electron chi connectivity index (χ0n) is 8.06. The van der Waals surface area contributed by atoms with Gasteiger partial charge in [0, 0.05) is 6.92 Å². The molecule has 1 amide bonds. The van der Waals surface area contributed by atoms with Gasteiger partial charge in [0.05, 0.1) is 13.0 Å². The van der Waals surface area contributed by atoms with Gasteiger partial charge in [0.15, 0.2) is 0 Å². The molecule has 0 saturated heterocycles. The summed E-state index contributed by atoms with van der Waals surface area (Å²) < 4.78 is 4.56. The summed E-state index contributed by atoms with van der Waals surface area (Å²) in [6, 6.07) is 0. The van der Waals surface area contributed by atoms with Crippen molar-refractivity contribution in [2.75, 3.05) is 6.61 Å². The van der Waals surface area contributed by atoms with Crippen molar-refractivity contribution < 1.29 is 24.7 Å². The highest BCUT2D eigenvalue weighted by Gasteiger charge is 2.20. The Balaban J connectivity index is 4.09. The molecule has 0 bridgehead atoms. The van der Waals surface area contributed by atoms with E-state index in [4.69, 9.17) is 10.4 Å². The van der Waals surface area contributed by atoms with E-state index >= 15 is 0 Å². The number of hydrogen-bond donors (Lipinski definition) is 3. The molecule has 3 N–H and O–H groups in total. The standard InChI is InChI=1S/C7H14N2O5/c1-3-14-7(11)4-6(9(12)13)8-5(2)10/h6,12-13H,3-4H2,1-2H3,(H,8,10). The summed E-state index contributed by atoms with van der Waals surface area (Å²) in [5.74, 6) is -1.10. The summed E-state index contributed by atoms with van der Waals surface area (Å²) >= 11 is 0. The van der Waals surface area contributed by atoms with Gasteiger partial charge < -0.3 is 10.1 Å². The van der Waals surface area contributed by atoms with Gasteiger partial charge in [-0.1, -0.05) is 0 Å². The fourth-order valence-corrected chi connectivity index (χ4v) is 0.803. The number of amides is 1. The number of hydrogen-bond acceptors (Lipinski definition) is 6. The zero-order chi connectivity index (χ0) is 11.1. The lowest BCUT2D eigenvalue weighted by atomic mass is 10.3. The van der Waals surface area contributed by atoms with Gasteiger partial charge >= 0.3 is 5.97 Å². The summed E-state index contributed by atoms with van der Waals surface area (Å²) in [6.45, 7) is 3.02. The predicted octanol–water partition coefficient (Wildman–Crippen LogP) is -0.518. The Labute approximate surface area is 81.2 Å². The minimum absolute atomic E-state index is 0.197. The van der Waals surface area contributed by atoms with E-state index in [9.17, 15) is 9.59 Å². The fourth-order valence-electron chi connectivity index (χ4n) is 0.803. The minimum Gasteiger partial charge on any atom is -0.466 e. The van der Waals surface area contributed by atoms with Gasteiger partial charge in [-0.25, -0.2) is 0 Å². The molecule has 0 aromatic carbocycles. The number of carbonyl (C=O) groups excluding carboxylic acids is 2. The lowest BCUT2D eigenvalue weighted by Gasteiger charge is -2.19. The third-order valence-corrected chi connectivity index (χ3v) is 1.31. The highest BCUT2D eigenvalue weighted by Crippen LogP contribution is 1.97. The summed E-state index contributed by atoms with van der Waals surface area (Å²) in [4.78, 5) is 21.5. The van der Waals surface area contributed by atoms with Crippen molar-refractivity contribution in [1.82, 2.24) is 10.5 Å². The molecular formula is C7H14N2O5. The Morgan fingerprint density at radius 1 is 1.50 bits per heavy atom. The normalized spacial score (nSPS) is 12.4. The lowest BCUT2D eigenvalue weighted by molar-refractivity contribution is -0.335. The van der Waals surface area contributed by atoms with Crippen LogP contribution in [0.25, 0.3) is 0 Å². The van der Waals surface area contributed by atoms with Crippen molar-refractivity contribution in [3.63, 3.8) is 0 Å². The van der Waals surface area contributed by atoms with Crippen LogP contribution in [0.15, 0.2) is 0 Å². The first-order valence-electron chi connectivity index (χ1n) is 4.07. The Morgan fingerprint density at radius 3 is 2.43 bits per heavy atom. The Bertz CT molecular complexity index is 206. The third kappa shape index (κ3) is 5.46. The predicted molar refractivity (Wildman–Crippen MR) is 44.3 cm³/mol. The van der Waals surface area contributed by atoms with Crippen LogP contribution in [0.1, 0.15) is 20.3 Å². The minimum atomic E-state index is -1.19. The molecule has 0 aromatic rings. The molecule has 0 fully saturated rings. The zero-order valence-corrected chi connectivity index (χ0v) is 8.06. The van der Waals surface area contributed by atoms with Gasteiger partial charge in [-0.2, -0.15) is 0 Å². The second-order valence-electron chi connectivity index (χ2n) is 2.55. The van der Waals surface area contributed by atoms with E-state index in [0.717, 1.165) is 0 Å². The topological polar surface area (TPSA) is 99.1 Å². The van der Waals surface area contributed by atoms with Gasteiger partial charge in [0.2, 0.25) is 5.91 Å². The second kappa shape index (κ2) is 6.30. The third-order valence-electron chi connectivity index (χ3n) is 1.31. The van der Waals surface area contributed by atoms with Crippen LogP contribution in [0.4, 0.5) is 0 Å². The molecule has 0 heterocycles. The number of esters is 1. The quantitative estimate of drug-likeness (QED) is 0.318. The van der Waals surface area contributed by atoms with Crippen molar-refractivity contribution >= 4 is 11.9 Å². The molecule has 0 radical (unpaired) electrons. The largest absolute Gasteiger partial charge is 0.466 e. The van der Waals surface area contributed by atoms with E-state index < -0.39 is 18.0 Å².